The molecule has 0 atom stereocenters. The van der Waals surface area contributed by atoms with Crippen LogP contribution in [0.2, 0.25) is 0 Å². The van der Waals surface area contributed by atoms with Crippen molar-refractivity contribution in [3.8, 4) is 0 Å². The van der Waals surface area contributed by atoms with Gasteiger partial charge in [0.2, 0.25) is 0 Å². The molecule has 1 aliphatic rings. The molecular formula is C14H23NO. The lowest BCUT2D eigenvalue weighted by Gasteiger charge is -2.31. The predicted octanol–water partition coefficient (Wildman–Crippen LogP) is 2.98. The van der Waals surface area contributed by atoms with E-state index in [9.17, 15) is 5.11 Å². The maximum Gasteiger partial charge on any atom is 0.0574 e. The lowest BCUT2D eigenvalue weighted by Crippen LogP contribution is -2.35. The number of rotatable bonds is 1. The van der Waals surface area contributed by atoms with Gasteiger partial charge in [0, 0.05) is 18.8 Å². The summed E-state index contributed by atoms with van der Waals surface area (Å²) in [6.45, 7) is 8.07. The van der Waals surface area contributed by atoms with Crippen LogP contribution in [0.25, 0.3) is 0 Å². The van der Waals surface area contributed by atoms with Gasteiger partial charge >= 0.3 is 0 Å². The standard InChI is InChI=1S/C12H17NO.C2H6/c1-10-3-2-4-11(9-10)13-7-5-12(14)6-8-13;1-2/h2-4,9,12,14H,5-8H2,1H3;1-2H3. The summed E-state index contributed by atoms with van der Waals surface area (Å²) in [7, 11) is 0. The predicted molar refractivity (Wildman–Crippen MR) is 70.0 cm³/mol. The van der Waals surface area contributed by atoms with E-state index in [4.69, 9.17) is 0 Å². The Morgan fingerprint density at radius 3 is 2.38 bits per heavy atom. The Labute approximate surface area is 98.9 Å². The highest BCUT2D eigenvalue weighted by atomic mass is 16.3. The summed E-state index contributed by atoms with van der Waals surface area (Å²) >= 11 is 0. The number of aliphatic hydroxyl groups excluding tert-OH is 1. The molecule has 1 aromatic carbocycles. The first-order valence-corrected chi connectivity index (χ1v) is 6.25. The van der Waals surface area contributed by atoms with Gasteiger partial charge in [-0.1, -0.05) is 26.0 Å². The smallest absolute Gasteiger partial charge is 0.0574 e. The van der Waals surface area contributed by atoms with Crippen molar-refractivity contribution in [3.05, 3.63) is 29.8 Å². The summed E-state index contributed by atoms with van der Waals surface area (Å²) in [6.07, 6.45) is 1.71. The molecule has 1 saturated heterocycles. The molecule has 1 heterocycles. The summed E-state index contributed by atoms with van der Waals surface area (Å²) in [6, 6.07) is 8.56. The minimum absolute atomic E-state index is 0.0870. The third-order valence-corrected chi connectivity index (χ3v) is 2.83. The van der Waals surface area contributed by atoms with Crippen molar-refractivity contribution < 1.29 is 5.11 Å². The van der Waals surface area contributed by atoms with E-state index < -0.39 is 0 Å². The fraction of sp³-hybridized carbons (Fsp3) is 0.571. The summed E-state index contributed by atoms with van der Waals surface area (Å²) in [4.78, 5) is 2.35. The van der Waals surface area contributed by atoms with E-state index in [1.807, 2.05) is 13.8 Å². The number of hydrogen-bond acceptors (Lipinski definition) is 2. The molecule has 2 heteroatoms. The molecule has 16 heavy (non-hydrogen) atoms. The third-order valence-electron chi connectivity index (χ3n) is 2.83. The normalized spacial score (nSPS) is 16.6. The van der Waals surface area contributed by atoms with Gasteiger partial charge in [-0.15, -0.1) is 0 Å². The Hall–Kier alpha value is -1.02. The first-order chi connectivity index (χ1) is 7.75. The highest BCUT2D eigenvalue weighted by molar-refractivity contribution is 5.48. The quantitative estimate of drug-likeness (QED) is 0.788. The molecule has 1 N–H and O–H groups in total. The number of anilines is 1. The van der Waals surface area contributed by atoms with Crippen LogP contribution in [0.3, 0.4) is 0 Å². The molecule has 0 spiro atoms. The zero-order valence-corrected chi connectivity index (χ0v) is 10.6. The van der Waals surface area contributed by atoms with Crippen LogP contribution in [-0.2, 0) is 0 Å². The lowest BCUT2D eigenvalue weighted by molar-refractivity contribution is 0.145. The summed E-state index contributed by atoms with van der Waals surface area (Å²) < 4.78 is 0. The molecule has 0 saturated carbocycles. The molecule has 0 radical (unpaired) electrons. The third kappa shape index (κ3) is 3.53. The average molecular weight is 221 g/mol. The second-order valence-corrected chi connectivity index (χ2v) is 4.06. The maximum absolute atomic E-state index is 9.40. The summed E-state index contributed by atoms with van der Waals surface area (Å²) in [5.74, 6) is 0. The van der Waals surface area contributed by atoms with Crippen molar-refractivity contribution in [2.75, 3.05) is 18.0 Å². The van der Waals surface area contributed by atoms with Crippen molar-refractivity contribution in [2.24, 2.45) is 0 Å². The molecule has 1 aliphatic heterocycles. The number of piperidine rings is 1. The van der Waals surface area contributed by atoms with Crippen molar-refractivity contribution in [1.29, 1.82) is 0 Å². The van der Waals surface area contributed by atoms with Crippen LogP contribution in [0.15, 0.2) is 24.3 Å². The molecule has 0 bridgehead atoms. The fourth-order valence-electron chi connectivity index (χ4n) is 1.95. The Kier molecular flexibility index (Phi) is 5.33. The Morgan fingerprint density at radius 1 is 1.19 bits per heavy atom. The van der Waals surface area contributed by atoms with Gasteiger partial charge in [-0.3, -0.25) is 0 Å². The van der Waals surface area contributed by atoms with Gasteiger partial charge < -0.3 is 10.0 Å². The van der Waals surface area contributed by atoms with Gasteiger partial charge in [-0.2, -0.15) is 0 Å². The number of nitrogens with zero attached hydrogens (tertiary/aromatic N) is 1. The van der Waals surface area contributed by atoms with Gasteiger partial charge in [0.1, 0.15) is 0 Å². The van der Waals surface area contributed by atoms with Crippen LogP contribution in [0.5, 0.6) is 0 Å². The van der Waals surface area contributed by atoms with E-state index in [-0.39, 0.29) is 6.10 Å². The van der Waals surface area contributed by atoms with Gasteiger partial charge in [0.05, 0.1) is 6.10 Å². The second kappa shape index (κ2) is 6.54. The molecule has 0 amide bonds. The van der Waals surface area contributed by atoms with E-state index >= 15 is 0 Å². The van der Waals surface area contributed by atoms with Gasteiger partial charge in [-0.05, 0) is 37.5 Å². The van der Waals surface area contributed by atoms with Crippen molar-refractivity contribution in [2.45, 2.75) is 39.7 Å². The van der Waals surface area contributed by atoms with E-state index in [1.54, 1.807) is 0 Å². The molecule has 1 aromatic rings. The minimum atomic E-state index is -0.0870. The van der Waals surface area contributed by atoms with Crippen molar-refractivity contribution >= 4 is 5.69 Å². The first-order valence-electron chi connectivity index (χ1n) is 6.25. The Bertz CT molecular complexity index is 303. The molecule has 0 unspecified atom stereocenters. The molecular weight excluding hydrogens is 198 g/mol. The monoisotopic (exact) mass is 221 g/mol. The van der Waals surface area contributed by atoms with Crippen LogP contribution in [0.4, 0.5) is 5.69 Å². The number of hydrogen-bond donors (Lipinski definition) is 1. The topological polar surface area (TPSA) is 23.5 Å². The zero-order chi connectivity index (χ0) is 12.0. The highest BCUT2D eigenvalue weighted by Crippen LogP contribution is 2.20. The van der Waals surface area contributed by atoms with E-state index in [2.05, 4.69) is 36.1 Å². The average Bonchev–Trinajstić information content (AvgIpc) is 2.32. The fourth-order valence-corrected chi connectivity index (χ4v) is 1.95. The van der Waals surface area contributed by atoms with E-state index in [0.717, 1.165) is 25.9 Å². The molecule has 0 aromatic heterocycles. The van der Waals surface area contributed by atoms with Gasteiger partial charge in [0.25, 0.3) is 0 Å². The van der Waals surface area contributed by atoms with Crippen LogP contribution >= 0.6 is 0 Å². The highest BCUT2D eigenvalue weighted by Gasteiger charge is 2.16. The lowest BCUT2D eigenvalue weighted by atomic mass is 10.1. The van der Waals surface area contributed by atoms with Crippen LogP contribution < -0.4 is 4.90 Å². The minimum Gasteiger partial charge on any atom is -0.393 e. The molecule has 2 nitrogen and oxygen atoms in total. The zero-order valence-electron chi connectivity index (χ0n) is 10.6. The van der Waals surface area contributed by atoms with Crippen LogP contribution in [-0.4, -0.2) is 24.3 Å². The Morgan fingerprint density at radius 2 is 1.81 bits per heavy atom. The second-order valence-electron chi connectivity index (χ2n) is 4.06. The van der Waals surface area contributed by atoms with E-state index in [1.165, 1.54) is 11.3 Å². The number of aryl methyl sites for hydroxylation is 1. The van der Waals surface area contributed by atoms with Crippen molar-refractivity contribution in [3.63, 3.8) is 0 Å². The van der Waals surface area contributed by atoms with Gasteiger partial charge in [-0.25, -0.2) is 0 Å². The van der Waals surface area contributed by atoms with E-state index in [0.29, 0.717) is 0 Å². The molecule has 90 valence electrons. The molecule has 2 rings (SSSR count). The number of aliphatic hydroxyl groups is 1. The van der Waals surface area contributed by atoms with Gasteiger partial charge in [0.15, 0.2) is 0 Å². The van der Waals surface area contributed by atoms with Crippen LogP contribution in [0.1, 0.15) is 32.3 Å². The summed E-state index contributed by atoms with van der Waals surface area (Å²) in [5.41, 5.74) is 2.59. The summed E-state index contributed by atoms with van der Waals surface area (Å²) in [5, 5.41) is 9.40. The van der Waals surface area contributed by atoms with Crippen LogP contribution in [0, 0.1) is 6.92 Å². The largest absolute Gasteiger partial charge is 0.393 e. The molecule has 0 aliphatic carbocycles. The molecule has 1 fully saturated rings. The number of benzene rings is 1. The van der Waals surface area contributed by atoms with Crippen molar-refractivity contribution in [1.82, 2.24) is 0 Å². The SMILES string of the molecule is CC.Cc1cccc(N2CCC(O)CC2)c1. The first kappa shape index (κ1) is 13.0. The Balaban J connectivity index is 0.000000606. The maximum atomic E-state index is 9.40.